The second-order valence-electron chi connectivity index (χ2n) is 4.41. The summed E-state index contributed by atoms with van der Waals surface area (Å²) in [6, 6.07) is 7.60. The van der Waals surface area contributed by atoms with Gasteiger partial charge in [0.05, 0.1) is 0 Å². The predicted octanol–water partition coefficient (Wildman–Crippen LogP) is 1.92. The fraction of sp³-hybridized carbons (Fsp3) is 0.462. The Balaban J connectivity index is 2.72. The van der Waals surface area contributed by atoms with Crippen LogP contribution in [-0.4, -0.2) is 11.9 Å². The maximum atomic E-state index is 11.9. The van der Waals surface area contributed by atoms with E-state index in [1.807, 2.05) is 31.2 Å². The lowest BCUT2D eigenvalue weighted by Crippen LogP contribution is -2.36. The molecule has 1 rings (SSSR count). The summed E-state index contributed by atoms with van der Waals surface area (Å²) in [5, 5.41) is 2.97. The van der Waals surface area contributed by atoms with Gasteiger partial charge in [0.15, 0.2) is 0 Å². The number of hydrogen-bond acceptors (Lipinski definition) is 2. The highest BCUT2D eigenvalue weighted by Gasteiger charge is 2.12. The Hall–Kier alpha value is -1.35. The molecule has 0 radical (unpaired) electrons. The van der Waals surface area contributed by atoms with Gasteiger partial charge in [-0.15, -0.1) is 0 Å². The molecule has 1 unspecified atom stereocenters. The van der Waals surface area contributed by atoms with Gasteiger partial charge in [0.25, 0.3) is 5.91 Å². The highest BCUT2D eigenvalue weighted by Crippen LogP contribution is 2.06. The van der Waals surface area contributed by atoms with Crippen LogP contribution in [0.2, 0.25) is 0 Å². The lowest BCUT2D eigenvalue weighted by atomic mass is 10.1. The van der Waals surface area contributed by atoms with Crippen LogP contribution in [0.3, 0.4) is 0 Å². The monoisotopic (exact) mass is 220 g/mol. The summed E-state index contributed by atoms with van der Waals surface area (Å²) < 4.78 is 0. The molecule has 0 heterocycles. The summed E-state index contributed by atoms with van der Waals surface area (Å²) in [4.78, 5) is 11.9. The summed E-state index contributed by atoms with van der Waals surface area (Å²) >= 11 is 0. The Labute approximate surface area is 97.0 Å². The molecule has 16 heavy (non-hydrogen) atoms. The Bertz CT molecular complexity index is 361. The molecule has 0 bridgehead atoms. The van der Waals surface area contributed by atoms with Gasteiger partial charge in [-0.25, -0.2) is 0 Å². The number of hydrogen-bond donors (Lipinski definition) is 2. The highest BCUT2D eigenvalue weighted by atomic mass is 16.1. The van der Waals surface area contributed by atoms with Crippen LogP contribution < -0.4 is 11.1 Å². The third-order valence-corrected chi connectivity index (χ3v) is 2.78. The number of nitrogens with two attached hydrogens (primary N) is 1. The fourth-order valence-electron chi connectivity index (χ4n) is 1.30. The van der Waals surface area contributed by atoms with E-state index in [4.69, 9.17) is 5.73 Å². The quantitative estimate of drug-likeness (QED) is 0.814. The van der Waals surface area contributed by atoms with Crippen LogP contribution in [0.15, 0.2) is 24.3 Å². The van der Waals surface area contributed by atoms with Crippen molar-refractivity contribution in [2.24, 2.45) is 11.7 Å². The molecule has 1 atom stereocenters. The van der Waals surface area contributed by atoms with Crippen molar-refractivity contribution in [2.75, 3.05) is 0 Å². The summed E-state index contributed by atoms with van der Waals surface area (Å²) in [5.41, 5.74) is 7.19. The van der Waals surface area contributed by atoms with E-state index in [1.165, 1.54) is 0 Å². The molecule has 1 amide bonds. The normalized spacial score (nSPS) is 12.6. The molecule has 0 aromatic heterocycles. The molecule has 0 saturated carbocycles. The van der Waals surface area contributed by atoms with Crippen molar-refractivity contribution in [3.8, 4) is 0 Å². The van der Waals surface area contributed by atoms with Crippen LogP contribution in [0.25, 0.3) is 0 Å². The Morgan fingerprint density at radius 2 is 2.06 bits per heavy atom. The lowest BCUT2D eigenvalue weighted by molar-refractivity contribution is 0.0930. The fourth-order valence-corrected chi connectivity index (χ4v) is 1.30. The molecular formula is C13H20N2O. The second-order valence-corrected chi connectivity index (χ2v) is 4.41. The zero-order valence-electron chi connectivity index (χ0n) is 10.2. The van der Waals surface area contributed by atoms with Gasteiger partial charge in [-0.2, -0.15) is 0 Å². The Morgan fingerprint density at radius 3 is 2.62 bits per heavy atom. The van der Waals surface area contributed by atoms with E-state index in [0.717, 1.165) is 5.56 Å². The first-order valence-corrected chi connectivity index (χ1v) is 5.64. The molecule has 1 aromatic carbocycles. The maximum Gasteiger partial charge on any atom is 0.251 e. The van der Waals surface area contributed by atoms with Crippen LogP contribution in [0.5, 0.6) is 0 Å². The summed E-state index contributed by atoms with van der Waals surface area (Å²) in [5.74, 6) is 0.401. The first-order chi connectivity index (χ1) is 7.54. The van der Waals surface area contributed by atoms with Gasteiger partial charge in [-0.3, -0.25) is 4.79 Å². The molecule has 0 aliphatic heterocycles. The minimum absolute atomic E-state index is 0.0310. The average Bonchev–Trinajstić information content (AvgIpc) is 2.28. The van der Waals surface area contributed by atoms with Gasteiger partial charge in [-0.05, 0) is 30.5 Å². The zero-order valence-corrected chi connectivity index (χ0v) is 10.2. The van der Waals surface area contributed by atoms with E-state index in [0.29, 0.717) is 18.0 Å². The van der Waals surface area contributed by atoms with Crippen molar-refractivity contribution in [2.45, 2.75) is 33.4 Å². The van der Waals surface area contributed by atoms with Crippen LogP contribution in [0.1, 0.15) is 36.7 Å². The van der Waals surface area contributed by atoms with E-state index >= 15 is 0 Å². The first kappa shape index (κ1) is 12.7. The standard InChI is InChI=1S/C13H20N2O/c1-9(2)10(3)15-13(16)12-6-4-5-11(7-12)8-14/h4-7,9-10H,8,14H2,1-3H3,(H,15,16). The summed E-state index contributed by atoms with van der Waals surface area (Å²) in [7, 11) is 0. The highest BCUT2D eigenvalue weighted by molar-refractivity contribution is 5.94. The Kier molecular flexibility index (Phi) is 4.50. The third-order valence-electron chi connectivity index (χ3n) is 2.78. The number of rotatable bonds is 4. The Morgan fingerprint density at radius 1 is 1.38 bits per heavy atom. The molecule has 88 valence electrons. The minimum atomic E-state index is -0.0310. The third kappa shape index (κ3) is 3.35. The summed E-state index contributed by atoms with van der Waals surface area (Å²) in [6.45, 7) is 6.64. The van der Waals surface area contributed by atoms with E-state index < -0.39 is 0 Å². The molecule has 0 fully saturated rings. The molecule has 0 aliphatic rings. The van der Waals surface area contributed by atoms with Crippen LogP contribution in [0, 0.1) is 5.92 Å². The molecule has 3 heteroatoms. The number of nitrogens with one attached hydrogen (secondary N) is 1. The lowest BCUT2D eigenvalue weighted by Gasteiger charge is -2.17. The largest absolute Gasteiger partial charge is 0.349 e. The first-order valence-electron chi connectivity index (χ1n) is 5.64. The average molecular weight is 220 g/mol. The van der Waals surface area contributed by atoms with Crippen molar-refractivity contribution in [3.63, 3.8) is 0 Å². The van der Waals surface area contributed by atoms with Crippen LogP contribution in [-0.2, 0) is 6.54 Å². The number of carbonyl (C=O) groups excluding carboxylic acids is 1. The minimum Gasteiger partial charge on any atom is -0.349 e. The van der Waals surface area contributed by atoms with Crippen molar-refractivity contribution in [1.29, 1.82) is 0 Å². The number of benzene rings is 1. The van der Waals surface area contributed by atoms with Crippen molar-refractivity contribution in [1.82, 2.24) is 5.32 Å². The number of amides is 1. The van der Waals surface area contributed by atoms with Crippen LogP contribution >= 0.6 is 0 Å². The molecular weight excluding hydrogens is 200 g/mol. The maximum absolute atomic E-state index is 11.9. The molecule has 1 aromatic rings. The van der Waals surface area contributed by atoms with Gasteiger partial charge in [0.2, 0.25) is 0 Å². The smallest absolute Gasteiger partial charge is 0.251 e. The van der Waals surface area contributed by atoms with Crippen LogP contribution in [0.4, 0.5) is 0 Å². The SMILES string of the molecule is CC(C)C(C)NC(=O)c1cccc(CN)c1. The van der Waals surface area contributed by atoms with Crippen molar-refractivity contribution < 1.29 is 4.79 Å². The molecule has 0 saturated heterocycles. The summed E-state index contributed by atoms with van der Waals surface area (Å²) in [6.07, 6.45) is 0. The van der Waals surface area contributed by atoms with E-state index in [2.05, 4.69) is 19.2 Å². The van der Waals surface area contributed by atoms with Gasteiger partial charge >= 0.3 is 0 Å². The van der Waals surface area contributed by atoms with Gasteiger partial charge < -0.3 is 11.1 Å². The van der Waals surface area contributed by atoms with Gasteiger partial charge in [0.1, 0.15) is 0 Å². The zero-order chi connectivity index (χ0) is 12.1. The van der Waals surface area contributed by atoms with Gasteiger partial charge in [-0.1, -0.05) is 26.0 Å². The molecule has 3 N–H and O–H groups in total. The van der Waals surface area contributed by atoms with Gasteiger partial charge in [0, 0.05) is 18.2 Å². The van der Waals surface area contributed by atoms with Crippen molar-refractivity contribution >= 4 is 5.91 Å². The molecule has 0 spiro atoms. The van der Waals surface area contributed by atoms with E-state index in [9.17, 15) is 4.79 Å². The van der Waals surface area contributed by atoms with E-state index in [1.54, 1.807) is 0 Å². The predicted molar refractivity (Wildman–Crippen MR) is 66.1 cm³/mol. The second kappa shape index (κ2) is 5.66. The molecule has 0 aliphatic carbocycles. The topological polar surface area (TPSA) is 55.1 Å². The number of carbonyl (C=O) groups is 1. The molecule has 3 nitrogen and oxygen atoms in total. The van der Waals surface area contributed by atoms with E-state index in [-0.39, 0.29) is 11.9 Å². The van der Waals surface area contributed by atoms with Crippen molar-refractivity contribution in [3.05, 3.63) is 35.4 Å².